The number of nitrogens with one attached hydrogen (secondary N) is 1. The Morgan fingerprint density at radius 3 is 2.79 bits per heavy atom. The van der Waals surface area contributed by atoms with Crippen LogP contribution in [0, 0.1) is 0 Å². The Kier molecular flexibility index (Phi) is 4.42. The van der Waals surface area contributed by atoms with Crippen molar-refractivity contribution in [1.82, 2.24) is 10.2 Å². The lowest BCUT2D eigenvalue weighted by molar-refractivity contribution is 0.689. The van der Waals surface area contributed by atoms with Gasteiger partial charge in [-0.15, -0.1) is 10.2 Å². The molecule has 0 saturated carbocycles. The van der Waals surface area contributed by atoms with Crippen LogP contribution >= 0.6 is 23.2 Å². The summed E-state index contributed by atoms with van der Waals surface area (Å²) < 4.78 is 0. The topological polar surface area (TPSA) is 37.8 Å². The molecule has 0 saturated heterocycles. The monoisotopic (exact) mass is 233 g/mol. The number of anilines is 1. The first-order valence-electron chi connectivity index (χ1n) is 4.58. The molecule has 0 aliphatic heterocycles. The summed E-state index contributed by atoms with van der Waals surface area (Å²) in [6, 6.07) is 2.04. The van der Waals surface area contributed by atoms with Gasteiger partial charge in [-0.3, -0.25) is 0 Å². The zero-order valence-electron chi connectivity index (χ0n) is 8.22. The van der Waals surface area contributed by atoms with E-state index in [9.17, 15) is 0 Å². The molecule has 1 N–H and O–H groups in total. The lowest BCUT2D eigenvalue weighted by atomic mass is 10.2. The number of rotatable bonds is 4. The van der Waals surface area contributed by atoms with Crippen LogP contribution in [0.2, 0.25) is 10.3 Å². The molecule has 3 nitrogen and oxygen atoms in total. The van der Waals surface area contributed by atoms with Crippen molar-refractivity contribution in [2.75, 3.05) is 5.32 Å². The predicted molar refractivity (Wildman–Crippen MR) is 60.0 cm³/mol. The Labute approximate surface area is 93.8 Å². The van der Waals surface area contributed by atoms with Crippen molar-refractivity contribution in [3.8, 4) is 0 Å². The second-order valence-electron chi connectivity index (χ2n) is 3.21. The number of nitrogens with zero attached hydrogens (tertiary/aromatic N) is 2. The summed E-state index contributed by atoms with van der Waals surface area (Å²) in [7, 11) is 0. The van der Waals surface area contributed by atoms with Gasteiger partial charge < -0.3 is 5.32 Å². The van der Waals surface area contributed by atoms with Gasteiger partial charge in [-0.25, -0.2) is 0 Å². The maximum absolute atomic E-state index is 5.85. The fourth-order valence-corrected chi connectivity index (χ4v) is 1.52. The minimum Gasteiger partial charge on any atom is -0.380 e. The predicted octanol–water partition coefficient (Wildman–Crippen LogP) is 3.38. The van der Waals surface area contributed by atoms with Crippen LogP contribution in [0.3, 0.4) is 0 Å². The van der Waals surface area contributed by atoms with E-state index < -0.39 is 0 Å². The van der Waals surface area contributed by atoms with E-state index in [0.717, 1.165) is 18.5 Å². The molecule has 0 amide bonds. The third-order valence-electron chi connectivity index (χ3n) is 1.84. The maximum Gasteiger partial charge on any atom is 0.174 e. The average molecular weight is 234 g/mol. The molecule has 1 rings (SSSR count). The van der Waals surface area contributed by atoms with Crippen LogP contribution in [0.25, 0.3) is 0 Å². The van der Waals surface area contributed by atoms with Crippen molar-refractivity contribution in [3.05, 3.63) is 16.4 Å². The van der Waals surface area contributed by atoms with E-state index in [1.165, 1.54) is 0 Å². The van der Waals surface area contributed by atoms with Gasteiger partial charge in [0, 0.05) is 12.1 Å². The quantitative estimate of drug-likeness (QED) is 0.867. The van der Waals surface area contributed by atoms with Gasteiger partial charge in [0.25, 0.3) is 0 Å². The molecule has 1 unspecified atom stereocenters. The van der Waals surface area contributed by atoms with Crippen molar-refractivity contribution in [2.45, 2.75) is 32.7 Å². The summed E-state index contributed by atoms with van der Waals surface area (Å²) in [6.45, 7) is 4.23. The van der Waals surface area contributed by atoms with E-state index in [1.54, 1.807) is 6.07 Å². The molecule has 14 heavy (non-hydrogen) atoms. The Morgan fingerprint density at radius 2 is 2.14 bits per heavy atom. The second kappa shape index (κ2) is 5.37. The molecule has 0 fully saturated rings. The number of hydrogen-bond acceptors (Lipinski definition) is 3. The van der Waals surface area contributed by atoms with Crippen LogP contribution in [0.4, 0.5) is 5.69 Å². The third-order valence-corrected chi connectivity index (χ3v) is 2.31. The van der Waals surface area contributed by atoms with Crippen molar-refractivity contribution in [1.29, 1.82) is 0 Å². The van der Waals surface area contributed by atoms with E-state index in [-0.39, 0.29) is 0 Å². The lowest BCUT2D eigenvalue weighted by Gasteiger charge is -2.14. The van der Waals surface area contributed by atoms with Crippen LogP contribution in [0.1, 0.15) is 26.7 Å². The van der Waals surface area contributed by atoms with E-state index in [2.05, 4.69) is 29.4 Å². The Balaban J connectivity index is 2.70. The van der Waals surface area contributed by atoms with Gasteiger partial charge in [0.2, 0.25) is 0 Å². The SMILES string of the molecule is CCCC(C)Nc1cc(Cl)nnc1Cl. The highest BCUT2D eigenvalue weighted by Crippen LogP contribution is 2.22. The molecular weight excluding hydrogens is 221 g/mol. The lowest BCUT2D eigenvalue weighted by Crippen LogP contribution is -2.15. The van der Waals surface area contributed by atoms with Gasteiger partial charge in [-0.05, 0) is 13.3 Å². The first-order valence-corrected chi connectivity index (χ1v) is 5.34. The van der Waals surface area contributed by atoms with Crippen molar-refractivity contribution < 1.29 is 0 Å². The Morgan fingerprint density at radius 1 is 1.43 bits per heavy atom. The highest BCUT2D eigenvalue weighted by Gasteiger charge is 2.06. The first-order chi connectivity index (χ1) is 6.63. The number of hydrogen-bond donors (Lipinski definition) is 1. The van der Waals surface area contributed by atoms with Gasteiger partial charge >= 0.3 is 0 Å². The molecule has 0 bridgehead atoms. The van der Waals surface area contributed by atoms with Crippen molar-refractivity contribution >= 4 is 28.9 Å². The standard InChI is InChI=1S/C9H13Cl2N3/c1-3-4-6(2)12-7-5-8(10)13-14-9(7)11/h5-6H,3-4H2,1-2H3,(H,12,13). The fourth-order valence-electron chi connectivity index (χ4n) is 1.22. The summed E-state index contributed by atoms with van der Waals surface area (Å²) >= 11 is 11.6. The molecule has 1 atom stereocenters. The van der Waals surface area contributed by atoms with Gasteiger partial charge in [0.15, 0.2) is 10.3 Å². The van der Waals surface area contributed by atoms with Crippen LogP contribution in [-0.2, 0) is 0 Å². The van der Waals surface area contributed by atoms with E-state index in [4.69, 9.17) is 23.2 Å². The third kappa shape index (κ3) is 3.31. The molecule has 1 aromatic rings. The zero-order chi connectivity index (χ0) is 10.6. The van der Waals surface area contributed by atoms with Crippen LogP contribution < -0.4 is 5.32 Å². The molecule has 0 radical (unpaired) electrons. The maximum atomic E-state index is 5.85. The molecule has 1 aromatic heterocycles. The van der Waals surface area contributed by atoms with Gasteiger partial charge in [-0.1, -0.05) is 36.5 Å². The fraction of sp³-hybridized carbons (Fsp3) is 0.556. The Bertz CT molecular complexity index is 304. The second-order valence-corrected chi connectivity index (χ2v) is 3.95. The highest BCUT2D eigenvalue weighted by molar-refractivity contribution is 6.33. The minimum absolute atomic E-state index is 0.348. The molecule has 5 heteroatoms. The molecule has 1 heterocycles. The van der Waals surface area contributed by atoms with Crippen molar-refractivity contribution in [2.24, 2.45) is 0 Å². The smallest absolute Gasteiger partial charge is 0.174 e. The van der Waals surface area contributed by atoms with E-state index in [0.29, 0.717) is 16.3 Å². The summed E-state index contributed by atoms with van der Waals surface area (Å²) in [4.78, 5) is 0. The van der Waals surface area contributed by atoms with Gasteiger partial charge in [0.05, 0.1) is 5.69 Å². The molecule has 0 aliphatic carbocycles. The van der Waals surface area contributed by atoms with Crippen LogP contribution in [-0.4, -0.2) is 16.2 Å². The first kappa shape index (κ1) is 11.5. The van der Waals surface area contributed by atoms with Gasteiger partial charge in [-0.2, -0.15) is 0 Å². The summed E-state index contributed by atoms with van der Waals surface area (Å²) in [5.41, 5.74) is 0.743. The van der Waals surface area contributed by atoms with Gasteiger partial charge in [0.1, 0.15) is 0 Å². The highest BCUT2D eigenvalue weighted by atomic mass is 35.5. The average Bonchev–Trinajstić information content (AvgIpc) is 2.12. The summed E-state index contributed by atoms with van der Waals surface area (Å²) in [6.07, 6.45) is 2.20. The molecular formula is C9H13Cl2N3. The molecule has 0 spiro atoms. The summed E-state index contributed by atoms with van der Waals surface area (Å²) in [5.74, 6) is 0. The van der Waals surface area contributed by atoms with E-state index >= 15 is 0 Å². The summed E-state index contributed by atoms with van der Waals surface area (Å²) in [5, 5.41) is 11.3. The molecule has 78 valence electrons. The molecule has 0 aromatic carbocycles. The van der Waals surface area contributed by atoms with E-state index in [1.807, 2.05) is 0 Å². The molecule has 0 aliphatic rings. The normalized spacial score (nSPS) is 12.6. The zero-order valence-corrected chi connectivity index (χ0v) is 9.73. The minimum atomic E-state index is 0.348. The van der Waals surface area contributed by atoms with Crippen LogP contribution in [0.15, 0.2) is 6.07 Å². The van der Waals surface area contributed by atoms with Crippen LogP contribution in [0.5, 0.6) is 0 Å². The number of halogens is 2. The largest absolute Gasteiger partial charge is 0.380 e. The number of aromatic nitrogens is 2. The van der Waals surface area contributed by atoms with Crippen molar-refractivity contribution in [3.63, 3.8) is 0 Å². The Hall–Kier alpha value is -0.540.